The predicted molar refractivity (Wildman–Crippen MR) is 77.4 cm³/mol. The largest absolute Gasteiger partial charge is 1.00 e. The summed E-state index contributed by atoms with van der Waals surface area (Å²) in [6.07, 6.45) is 14.1. The van der Waals surface area contributed by atoms with E-state index in [1.807, 2.05) is 57.2 Å². The summed E-state index contributed by atoms with van der Waals surface area (Å²) in [6.45, 7) is 0.752. The number of alkyl halides is 4. The van der Waals surface area contributed by atoms with Crippen molar-refractivity contribution in [3.05, 3.63) is 37.4 Å². The Morgan fingerprint density at radius 2 is 1.00 bits per heavy atom. The van der Waals surface area contributed by atoms with Gasteiger partial charge in [-0.15, -0.1) is 46.4 Å². The Bertz CT molecular complexity index is 414. The number of nitrogens with zero attached hydrogens (tertiary/aromatic N) is 4. The van der Waals surface area contributed by atoms with E-state index in [4.69, 9.17) is 46.4 Å². The molecule has 0 aliphatic rings. The van der Waals surface area contributed by atoms with Crippen LogP contribution in [-0.4, -0.2) is 19.8 Å². The van der Waals surface area contributed by atoms with E-state index in [1.165, 1.54) is 0 Å². The van der Waals surface area contributed by atoms with E-state index in [-0.39, 0.29) is 80.7 Å². The minimum Gasteiger partial charge on any atom is -1.00 e. The van der Waals surface area contributed by atoms with Crippen molar-refractivity contribution in [1.82, 2.24) is 9.13 Å². The summed E-state index contributed by atoms with van der Waals surface area (Å²) in [7, 11) is 3.91. The van der Waals surface area contributed by atoms with E-state index in [0.29, 0.717) is 0 Å². The maximum absolute atomic E-state index is 4.76. The average molecular weight is 594 g/mol. The number of aryl methyl sites for hydroxylation is 2. The van der Waals surface area contributed by atoms with Crippen LogP contribution < -0.4 is 58.8 Å². The fourth-order valence-corrected chi connectivity index (χ4v) is 1.22. The molecule has 24 heavy (non-hydrogen) atoms. The molecule has 0 radical (unpaired) electrons. The molecule has 2 aromatic rings. The molecule has 2 aromatic heterocycles. The molecule has 150 valence electrons. The number of rotatable bonds is 2. The quantitative estimate of drug-likeness (QED) is 0.143. The summed E-state index contributed by atoms with van der Waals surface area (Å²) in [5.74, 6) is 0. The number of hydrogen-bond acceptors (Lipinski definition) is 0. The molecule has 13 heteroatoms. The van der Waals surface area contributed by atoms with Crippen molar-refractivity contribution in [2.45, 2.75) is 6.67 Å². The first-order chi connectivity index (χ1) is 9.07. The molecule has 2 heterocycles. The van der Waals surface area contributed by atoms with Crippen LogP contribution in [0.3, 0.4) is 0 Å². The fourth-order valence-electron chi connectivity index (χ4n) is 1.22. The summed E-state index contributed by atoms with van der Waals surface area (Å²) < 4.78 is 7.72. The fraction of sp³-hybridized carbons (Fsp3) is 0.455. The molecule has 4 nitrogen and oxygen atoms in total. The summed E-state index contributed by atoms with van der Waals surface area (Å²) in [4.78, 5) is 0. The van der Waals surface area contributed by atoms with Crippen LogP contribution in [0.4, 0.5) is 0 Å². The van der Waals surface area contributed by atoms with Crippen molar-refractivity contribution in [3.8, 4) is 0 Å². The smallest absolute Gasteiger partial charge is 0.206 e. The van der Waals surface area contributed by atoms with Crippen LogP contribution in [0, 0.1) is 12.7 Å². The van der Waals surface area contributed by atoms with E-state index in [0.717, 1.165) is 6.67 Å². The molecule has 0 unspecified atom stereocenters. The maximum atomic E-state index is 4.76. The third-order valence-corrected chi connectivity index (χ3v) is 1.82. The van der Waals surface area contributed by atoms with Gasteiger partial charge in [-0.25, -0.2) is 0 Å². The minimum atomic E-state index is 0. The first-order valence-electron chi connectivity index (χ1n) is 5.19. The van der Waals surface area contributed by atoms with Gasteiger partial charge < -0.3 is 67.9 Å². The van der Waals surface area contributed by atoms with Crippen LogP contribution in [0.5, 0.6) is 0 Å². The van der Waals surface area contributed by atoms with Crippen molar-refractivity contribution in [3.63, 3.8) is 0 Å². The van der Waals surface area contributed by atoms with Crippen molar-refractivity contribution in [2.24, 2.45) is 14.1 Å². The van der Waals surface area contributed by atoms with E-state index in [2.05, 4.69) is 12.7 Å². The summed E-state index contributed by atoms with van der Waals surface area (Å²) in [5.41, 5.74) is 0. The summed E-state index contributed by atoms with van der Waals surface area (Å²) >= 11 is 19.1. The summed E-state index contributed by atoms with van der Waals surface area (Å²) in [5, 5.41) is 0.389. The van der Waals surface area contributed by atoms with Crippen LogP contribution in [0.15, 0.2) is 24.8 Å². The van der Waals surface area contributed by atoms with Crippen molar-refractivity contribution in [2.75, 3.05) is 10.7 Å². The van der Waals surface area contributed by atoms with E-state index in [1.54, 1.807) is 0 Å². The standard InChI is InChI=1S/C9H12N4.2CH2Cl2.4ClH.Pd/c1-10-3-5-12(7-10)9-13-6-4-11(2)8-13;2*2-1-3;;;;;/h3-6H,9H2,1-2H3;2*1H2;4*1H;/p-4. The van der Waals surface area contributed by atoms with Crippen molar-refractivity contribution < 1.29 is 79.2 Å². The molecule has 0 bridgehead atoms. The molecule has 0 saturated carbocycles. The van der Waals surface area contributed by atoms with Crippen LogP contribution in [0.1, 0.15) is 0 Å². The van der Waals surface area contributed by atoms with Gasteiger partial charge in [0.25, 0.3) is 0 Å². The van der Waals surface area contributed by atoms with Gasteiger partial charge in [-0.05, 0) is 24.8 Å². The van der Waals surface area contributed by atoms with E-state index >= 15 is 0 Å². The van der Waals surface area contributed by atoms with Gasteiger partial charge in [0.2, 0.25) is 12.7 Å². The molecule has 0 fully saturated rings. The second-order valence-corrected chi connectivity index (χ2v) is 4.92. The second-order valence-electron chi connectivity index (χ2n) is 3.30. The van der Waals surface area contributed by atoms with Crippen LogP contribution in [0.25, 0.3) is 0 Å². The SMILES string of the molecule is C[n+]1[c-]n(Cn2[c-][n+](C)cc2)cc1.ClCCl.ClCCl.[Cl-].[Cl-].[Cl-].[Cl-].[Pd]. The first-order valence-corrected chi connectivity index (χ1v) is 7.33. The monoisotopic (exact) mass is 590 g/mol. The molecule has 2 rings (SSSR count). The number of imidazole rings is 2. The Morgan fingerprint density at radius 3 is 1.17 bits per heavy atom. The topological polar surface area (TPSA) is 17.6 Å². The number of halogens is 8. The average Bonchev–Trinajstić information content (AvgIpc) is 2.91. The first kappa shape index (κ1) is 40.2. The Kier molecular flexibility index (Phi) is 44.6. The predicted octanol–water partition coefficient (Wildman–Crippen LogP) is -10.1. The Balaban J connectivity index is -0.0000000658. The number of aromatic nitrogens is 4. The third-order valence-electron chi connectivity index (χ3n) is 1.82. The van der Waals surface area contributed by atoms with Gasteiger partial charge in [-0.1, -0.05) is 0 Å². The minimum absolute atomic E-state index is 0. The molecular weight excluding hydrogens is 578 g/mol. The molecule has 0 atom stereocenters. The van der Waals surface area contributed by atoms with Gasteiger partial charge in [0.05, 0.1) is 24.8 Å². The zero-order valence-electron chi connectivity index (χ0n) is 12.6. The number of hydrogen-bond donors (Lipinski definition) is 0. The van der Waals surface area contributed by atoms with Gasteiger partial charge >= 0.3 is 0 Å². The molecule has 0 N–H and O–H groups in total. The van der Waals surface area contributed by atoms with E-state index in [9.17, 15) is 0 Å². The van der Waals surface area contributed by atoms with Gasteiger partial charge in [-0.2, -0.15) is 0 Å². The van der Waals surface area contributed by atoms with Crippen LogP contribution in [-0.2, 0) is 41.2 Å². The van der Waals surface area contributed by atoms with Crippen molar-refractivity contribution in [1.29, 1.82) is 0 Å². The third kappa shape index (κ3) is 21.4. The molecule has 0 saturated heterocycles. The van der Waals surface area contributed by atoms with Crippen molar-refractivity contribution >= 4 is 46.4 Å². The van der Waals surface area contributed by atoms with Gasteiger partial charge in [0, 0.05) is 20.4 Å². The Labute approximate surface area is 202 Å². The molecule has 0 aromatic carbocycles. The molecule has 0 spiro atoms. The Hall–Kier alpha value is 1.40. The van der Waals surface area contributed by atoms with Crippen LogP contribution >= 0.6 is 46.4 Å². The maximum Gasteiger partial charge on any atom is 0.206 e. The Morgan fingerprint density at radius 1 is 0.750 bits per heavy atom. The second kappa shape index (κ2) is 26.6. The molecule has 0 amide bonds. The molecule has 0 aliphatic heterocycles. The molecular formula is C11H16Cl8N4Pd-4. The van der Waals surface area contributed by atoms with Gasteiger partial charge in [0.1, 0.15) is 0 Å². The van der Waals surface area contributed by atoms with Gasteiger partial charge in [0.15, 0.2) is 6.67 Å². The summed E-state index contributed by atoms with van der Waals surface area (Å²) in [6, 6.07) is 0. The van der Waals surface area contributed by atoms with E-state index < -0.39 is 0 Å². The normalized spacial score (nSPS) is 7.25. The zero-order chi connectivity index (χ0) is 14.7. The molecule has 0 aliphatic carbocycles. The zero-order valence-corrected chi connectivity index (χ0v) is 20.2. The van der Waals surface area contributed by atoms with Gasteiger partial charge in [-0.3, -0.25) is 0 Å². The van der Waals surface area contributed by atoms with Crippen LogP contribution in [0.2, 0.25) is 0 Å².